The fraction of sp³-hybridized carbons (Fsp3) is 0.154. The first-order chi connectivity index (χ1) is 8.22. The Morgan fingerprint density at radius 3 is 2.59 bits per heavy atom. The molecule has 2 aromatic rings. The van der Waals surface area contributed by atoms with Gasteiger partial charge in [0.2, 0.25) is 0 Å². The molecule has 0 N–H and O–H groups in total. The molecule has 0 fully saturated rings. The molecular formula is C13H12Cl2N2. The maximum atomic E-state index is 5.98. The Bertz CT molecular complexity index is 500. The lowest BCUT2D eigenvalue weighted by atomic mass is 10.2. The standard InChI is InChI=1S/C13H12Cl2N2/c1-17(11-5-3-2-4-6-11)13-7-10(8-14)12(15)9-16-13/h2-7,9H,8H2,1H3. The van der Waals surface area contributed by atoms with Crippen molar-refractivity contribution in [2.45, 2.75) is 5.88 Å². The van der Waals surface area contributed by atoms with Crippen LogP contribution < -0.4 is 4.90 Å². The van der Waals surface area contributed by atoms with Crippen molar-refractivity contribution in [1.29, 1.82) is 0 Å². The maximum absolute atomic E-state index is 5.98. The number of halogens is 2. The number of rotatable bonds is 3. The number of nitrogens with zero attached hydrogens (tertiary/aromatic N) is 2. The van der Waals surface area contributed by atoms with Crippen molar-refractivity contribution in [3.8, 4) is 0 Å². The first kappa shape index (κ1) is 12.2. The van der Waals surface area contributed by atoms with Gasteiger partial charge in [-0.15, -0.1) is 11.6 Å². The van der Waals surface area contributed by atoms with E-state index in [0.717, 1.165) is 17.1 Å². The van der Waals surface area contributed by atoms with Crippen molar-refractivity contribution in [2.24, 2.45) is 0 Å². The molecule has 2 nitrogen and oxygen atoms in total. The van der Waals surface area contributed by atoms with Gasteiger partial charge in [-0.05, 0) is 23.8 Å². The van der Waals surface area contributed by atoms with Gasteiger partial charge in [-0.3, -0.25) is 0 Å². The molecule has 1 aromatic carbocycles. The van der Waals surface area contributed by atoms with E-state index in [2.05, 4.69) is 4.98 Å². The normalized spacial score (nSPS) is 10.3. The molecule has 0 aliphatic heterocycles. The summed E-state index contributed by atoms with van der Waals surface area (Å²) < 4.78 is 0. The zero-order chi connectivity index (χ0) is 12.3. The topological polar surface area (TPSA) is 16.1 Å². The van der Waals surface area contributed by atoms with E-state index in [1.54, 1.807) is 6.20 Å². The van der Waals surface area contributed by atoms with E-state index in [4.69, 9.17) is 23.2 Å². The van der Waals surface area contributed by atoms with Gasteiger partial charge < -0.3 is 4.90 Å². The van der Waals surface area contributed by atoms with Crippen LogP contribution in [0.25, 0.3) is 0 Å². The van der Waals surface area contributed by atoms with Gasteiger partial charge in [0.15, 0.2) is 0 Å². The number of alkyl halides is 1. The Morgan fingerprint density at radius 1 is 1.24 bits per heavy atom. The van der Waals surface area contributed by atoms with Gasteiger partial charge in [-0.1, -0.05) is 29.8 Å². The summed E-state index contributed by atoms with van der Waals surface area (Å²) in [4.78, 5) is 6.29. The van der Waals surface area contributed by atoms with E-state index < -0.39 is 0 Å². The second kappa shape index (κ2) is 5.39. The Labute approximate surface area is 111 Å². The summed E-state index contributed by atoms with van der Waals surface area (Å²) >= 11 is 11.8. The Morgan fingerprint density at radius 2 is 1.94 bits per heavy atom. The van der Waals surface area contributed by atoms with Gasteiger partial charge in [-0.25, -0.2) is 4.98 Å². The van der Waals surface area contributed by atoms with E-state index in [-0.39, 0.29) is 0 Å². The molecule has 0 saturated carbocycles. The second-order valence-electron chi connectivity index (χ2n) is 3.66. The molecule has 0 amide bonds. The van der Waals surface area contributed by atoms with Gasteiger partial charge in [0, 0.05) is 24.8 Å². The molecule has 0 aliphatic rings. The van der Waals surface area contributed by atoms with Crippen LogP contribution >= 0.6 is 23.2 Å². The molecule has 0 saturated heterocycles. The lowest BCUT2D eigenvalue weighted by molar-refractivity contribution is 1.11. The van der Waals surface area contributed by atoms with E-state index in [1.807, 2.05) is 48.3 Å². The summed E-state index contributed by atoms with van der Waals surface area (Å²) in [5.74, 6) is 1.22. The summed E-state index contributed by atoms with van der Waals surface area (Å²) in [7, 11) is 1.96. The molecule has 0 radical (unpaired) electrons. The SMILES string of the molecule is CN(c1ccccc1)c1cc(CCl)c(Cl)cn1. The summed E-state index contributed by atoms with van der Waals surface area (Å²) in [6.45, 7) is 0. The van der Waals surface area contributed by atoms with Crippen molar-refractivity contribution in [3.05, 3.63) is 53.2 Å². The molecule has 17 heavy (non-hydrogen) atoms. The molecule has 4 heteroatoms. The average molecular weight is 267 g/mol. The average Bonchev–Trinajstić information content (AvgIpc) is 2.39. The van der Waals surface area contributed by atoms with Gasteiger partial charge in [0.1, 0.15) is 5.82 Å². The highest BCUT2D eigenvalue weighted by atomic mass is 35.5. The smallest absolute Gasteiger partial charge is 0.133 e. The predicted octanol–water partition coefficient (Wildman–Crippen LogP) is 4.24. The number of para-hydroxylation sites is 1. The number of pyridine rings is 1. The van der Waals surface area contributed by atoms with Crippen LogP contribution in [-0.2, 0) is 5.88 Å². The van der Waals surface area contributed by atoms with Crippen molar-refractivity contribution in [3.63, 3.8) is 0 Å². The van der Waals surface area contributed by atoms with Crippen LogP contribution in [0.5, 0.6) is 0 Å². The number of anilines is 2. The summed E-state index contributed by atoms with van der Waals surface area (Å²) in [5, 5.41) is 0.602. The van der Waals surface area contributed by atoms with Crippen LogP contribution in [0.2, 0.25) is 5.02 Å². The van der Waals surface area contributed by atoms with Gasteiger partial charge in [-0.2, -0.15) is 0 Å². The third-order valence-electron chi connectivity index (χ3n) is 2.55. The van der Waals surface area contributed by atoms with Crippen molar-refractivity contribution in [1.82, 2.24) is 4.98 Å². The number of aromatic nitrogens is 1. The highest BCUT2D eigenvalue weighted by Gasteiger charge is 2.07. The van der Waals surface area contributed by atoms with Gasteiger partial charge in [0.25, 0.3) is 0 Å². The van der Waals surface area contributed by atoms with Gasteiger partial charge >= 0.3 is 0 Å². The zero-order valence-electron chi connectivity index (χ0n) is 9.40. The highest BCUT2D eigenvalue weighted by molar-refractivity contribution is 6.32. The van der Waals surface area contributed by atoms with Crippen LogP contribution in [0.1, 0.15) is 5.56 Å². The van der Waals surface area contributed by atoms with E-state index in [1.165, 1.54) is 0 Å². The van der Waals surface area contributed by atoms with Crippen LogP contribution in [0.3, 0.4) is 0 Å². The third-order valence-corrected chi connectivity index (χ3v) is 3.18. The van der Waals surface area contributed by atoms with Crippen molar-refractivity contribution >= 4 is 34.7 Å². The number of hydrogen-bond donors (Lipinski definition) is 0. The largest absolute Gasteiger partial charge is 0.329 e. The first-order valence-electron chi connectivity index (χ1n) is 5.21. The Kier molecular flexibility index (Phi) is 3.87. The quantitative estimate of drug-likeness (QED) is 0.773. The third kappa shape index (κ3) is 2.71. The Balaban J connectivity index is 2.34. The predicted molar refractivity (Wildman–Crippen MR) is 73.3 cm³/mol. The lowest BCUT2D eigenvalue weighted by Gasteiger charge is -2.18. The monoisotopic (exact) mass is 266 g/mol. The lowest BCUT2D eigenvalue weighted by Crippen LogP contribution is -2.11. The molecule has 0 aliphatic carbocycles. The molecule has 0 unspecified atom stereocenters. The molecule has 0 bridgehead atoms. The van der Waals surface area contributed by atoms with Crippen molar-refractivity contribution < 1.29 is 0 Å². The molecule has 88 valence electrons. The van der Waals surface area contributed by atoms with Crippen molar-refractivity contribution in [2.75, 3.05) is 11.9 Å². The minimum absolute atomic E-state index is 0.386. The van der Waals surface area contributed by atoms with E-state index >= 15 is 0 Å². The van der Waals surface area contributed by atoms with Crippen LogP contribution in [-0.4, -0.2) is 12.0 Å². The summed E-state index contributed by atoms with van der Waals surface area (Å²) in [6.07, 6.45) is 1.63. The fourth-order valence-electron chi connectivity index (χ4n) is 1.54. The molecule has 0 spiro atoms. The maximum Gasteiger partial charge on any atom is 0.133 e. The molecule has 0 atom stereocenters. The second-order valence-corrected chi connectivity index (χ2v) is 4.34. The molecule has 2 rings (SSSR count). The van der Waals surface area contributed by atoms with Gasteiger partial charge in [0.05, 0.1) is 5.02 Å². The first-order valence-corrected chi connectivity index (χ1v) is 6.13. The van der Waals surface area contributed by atoms with Crippen LogP contribution in [0.15, 0.2) is 42.6 Å². The van der Waals surface area contributed by atoms with E-state index in [0.29, 0.717) is 10.9 Å². The minimum atomic E-state index is 0.386. The zero-order valence-corrected chi connectivity index (χ0v) is 10.9. The fourth-order valence-corrected chi connectivity index (χ4v) is 2.00. The van der Waals surface area contributed by atoms with E-state index in [9.17, 15) is 0 Å². The van der Waals surface area contributed by atoms with Crippen LogP contribution in [0.4, 0.5) is 11.5 Å². The number of benzene rings is 1. The summed E-state index contributed by atoms with van der Waals surface area (Å²) in [5.41, 5.74) is 1.96. The molecule has 1 heterocycles. The number of hydrogen-bond acceptors (Lipinski definition) is 2. The van der Waals surface area contributed by atoms with Crippen LogP contribution in [0, 0.1) is 0 Å². The molecular weight excluding hydrogens is 255 g/mol. The molecule has 1 aromatic heterocycles. The minimum Gasteiger partial charge on any atom is -0.329 e. The Hall–Kier alpha value is -1.25. The highest BCUT2D eigenvalue weighted by Crippen LogP contribution is 2.25. The summed E-state index contributed by atoms with van der Waals surface area (Å²) in [6, 6.07) is 11.9.